The summed E-state index contributed by atoms with van der Waals surface area (Å²) in [5, 5.41) is 12.3. The number of carbonyl (C=O) groups is 1. The summed E-state index contributed by atoms with van der Waals surface area (Å²) in [7, 11) is 0. The Balaban J connectivity index is 1.67. The van der Waals surface area contributed by atoms with E-state index >= 15 is 0 Å². The minimum absolute atomic E-state index is 0.132. The Morgan fingerprint density at radius 2 is 1.97 bits per heavy atom. The maximum atomic E-state index is 13.2. The van der Waals surface area contributed by atoms with E-state index in [1.165, 1.54) is 17.3 Å². The molecule has 150 valence electrons. The maximum Gasteiger partial charge on any atom is 0.240 e. The first-order valence-electron chi connectivity index (χ1n) is 9.56. The molecule has 0 fully saturated rings. The van der Waals surface area contributed by atoms with Crippen molar-refractivity contribution in [1.82, 2.24) is 14.9 Å². The molecule has 1 aliphatic rings. The van der Waals surface area contributed by atoms with Crippen molar-refractivity contribution in [2.75, 3.05) is 10.7 Å². The second-order valence-electron chi connectivity index (χ2n) is 7.01. The van der Waals surface area contributed by atoms with E-state index in [4.69, 9.17) is 11.6 Å². The molecule has 2 heterocycles. The smallest absolute Gasteiger partial charge is 0.240 e. The molecule has 3 aromatic rings. The molecule has 1 amide bonds. The normalized spacial score (nSPS) is 18.0. The summed E-state index contributed by atoms with van der Waals surface area (Å²) < 4.78 is 1.91. The fourth-order valence-electron chi connectivity index (χ4n) is 3.27. The molecular weight excluding hydrogens is 406 g/mol. The summed E-state index contributed by atoms with van der Waals surface area (Å²) in [5.41, 5.74) is 6.28. The van der Waals surface area contributed by atoms with Gasteiger partial charge in [-0.15, -0.1) is 10.2 Å². The van der Waals surface area contributed by atoms with Crippen molar-refractivity contribution in [3.05, 3.63) is 70.5 Å². The number of fused-ring (bicyclic) bond motifs is 1. The van der Waals surface area contributed by atoms with Crippen LogP contribution in [-0.2, 0) is 11.2 Å². The number of benzene rings is 2. The van der Waals surface area contributed by atoms with Crippen LogP contribution in [0, 0.1) is 6.92 Å². The fourth-order valence-corrected chi connectivity index (χ4v) is 4.56. The van der Waals surface area contributed by atoms with Gasteiger partial charge < -0.3 is 10.7 Å². The van der Waals surface area contributed by atoms with Gasteiger partial charge in [0.2, 0.25) is 11.1 Å². The molecule has 4 rings (SSSR count). The molecule has 0 saturated carbocycles. The van der Waals surface area contributed by atoms with Gasteiger partial charge in [0, 0.05) is 6.42 Å². The van der Waals surface area contributed by atoms with Crippen molar-refractivity contribution < 1.29 is 4.79 Å². The molecule has 0 saturated heterocycles. The average molecular weight is 428 g/mol. The monoisotopic (exact) mass is 427 g/mol. The molecule has 0 radical (unpaired) electrons. The Hall–Kier alpha value is -2.51. The third-order valence-electron chi connectivity index (χ3n) is 4.80. The number of nitrogens with one attached hydrogen (secondary N) is 2. The average Bonchev–Trinajstić information content (AvgIpc) is 3.11. The Morgan fingerprint density at radius 1 is 1.21 bits per heavy atom. The van der Waals surface area contributed by atoms with Crippen molar-refractivity contribution >= 4 is 35.0 Å². The number of anilines is 1. The summed E-state index contributed by atoms with van der Waals surface area (Å²) in [4.78, 5) is 13.2. The van der Waals surface area contributed by atoms with Gasteiger partial charge in [-0.05, 0) is 31.0 Å². The highest BCUT2D eigenvalue weighted by molar-refractivity contribution is 8.00. The van der Waals surface area contributed by atoms with Crippen LogP contribution in [0.5, 0.6) is 0 Å². The van der Waals surface area contributed by atoms with Gasteiger partial charge in [0.05, 0.1) is 16.8 Å². The summed E-state index contributed by atoms with van der Waals surface area (Å²) >= 11 is 7.65. The van der Waals surface area contributed by atoms with Crippen molar-refractivity contribution in [3.8, 4) is 0 Å². The van der Waals surface area contributed by atoms with Crippen LogP contribution >= 0.6 is 23.4 Å². The van der Waals surface area contributed by atoms with Gasteiger partial charge in [0.25, 0.3) is 0 Å². The number of hydrogen-bond donors (Lipinski definition) is 2. The first-order chi connectivity index (χ1) is 14.1. The Labute approximate surface area is 179 Å². The number of aromatic nitrogens is 3. The van der Waals surface area contributed by atoms with Crippen molar-refractivity contribution in [2.24, 2.45) is 0 Å². The second kappa shape index (κ2) is 8.47. The predicted octanol–water partition coefficient (Wildman–Crippen LogP) is 4.59. The molecule has 0 bridgehead atoms. The van der Waals surface area contributed by atoms with Gasteiger partial charge >= 0.3 is 0 Å². The van der Waals surface area contributed by atoms with E-state index in [1.54, 1.807) is 12.1 Å². The highest BCUT2D eigenvalue weighted by atomic mass is 35.5. The zero-order chi connectivity index (χ0) is 20.4. The topological polar surface area (TPSA) is 71.8 Å². The van der Waals surface area contributed by atoms with Gasteiger partial charge in [-0.2, -0.15) is 0 Å². The van der Waals surface area contributed by atoms with Crippen LogP contribution in [0.15, 0.2) is 53.7 Å². The minimum Gasteiger partial charge on any atom is -0.324 e. The van der Waals surface area contributed by atoms with Crippen LogP contribution in [0.1, 0.15) is 36.3 Å². The molecular formula is C21H22ClN5OS. The zero-order valence-electron chi connectivity index (χ0n) is 16.2. The lowest BCUT2D eigenvalue weighted by Gasteiger charge is -2.33. The summed E-state index contributed by atoms with van der Waals surface area (Å²) in [5.74, 6) is 0.740. The Bertz CT molecular complexity index is 1020. The fraction of sp³-hybridized carbons (Fsp3) is 0.286. The zero-order valence-corrected chi connectivity index (χ0v) is 17.8. The standard InChI is InChI=1S/C21H22ClN5OS/c1-3-6-17-24-25-21-27(17)26-18(14-11-9-13(2)10-12-14)19(29-21)20(28)23-16-8-5-4-7-15(16)22/h4-5,7-12,18-19,26H,3,6H2,1-2H3,(H,23,28)/t18-,19+/m0/s1. The Morgan fingerprint density at radius 3 is 2.69 bits per heavy atom. The molecule has 0 spiro atoms. The van der Waals surface area contributed by atoms with Crippen LogP contribution in [-0.4, -0.2) is 26.0 Å². The molecule has 29 heavy (non-hydrogen) atoms. The lowest BCUT2D eigenvalue weighted by molar-refractivity contribution is -0.116. The lowest BCUT2D eigenvalue weighted by Crippen LogP contribution is -2.41. The van der Waals surface area contributed by atoms with E-state index in [9.17, 15) is 4.79 Å². The first kappa shape index (κ1) is 19.8. The SMILES string of the molecule is CCCc1nnc2n1N[C@@H](c1ccc(C)cc1)[C@H](C(=O)Nc1ccccc1Cl)S2. The second-order valence-corrected chi connectivity index (χ2v) is 8.53. The van der Waals surface area contributed by atoms with Crippen LogP contribution in [0.3, 0.4) is 0 Å². The van der Waals surface area contributed by atoms with Gasteiger partial charge in [0.15, 0.2) is 5.82 Å². The summed E-state index contributed by atoms with van der Waals surface area (Å²) in [6, 6.07) is 15.2. The number of para-hydroxylation sites is 1. The lowest BCUT2D eigenvalue weighted by atomic mass is 10.0. The number of halogens is 1. The van der Waals surface area contributed by atoms with Gasteiger partial charge in [-0.25, -0.2) is 4.68 Å². The number of hydrogen-bond acceptors (Lipinski definition) is 5. The third-order valence-corrected chi connectivity index (χ3v) is 6.35. The minimum atomic E-state index is -0.430. The number of rotatable bonds is 5. The molecule has 0 unspecified atom stereocenters. The quantitative estimate of drug-likeness (QED) is 0.623. The molecule has 0 aliphatic carbocycles. The molecule has 8 heteroatoms. The number of thioether (sulfide) groups is 1. The molecule has 2 aromatic carbocycles. The third kappa shape index (κ3) is 4.11. The van der Waals surface area contributed by atoms with Crippen LogP contribution < -0.4 is 10.7 Å². The predicted molar refractivity (Wildman–Crippen MR) is 117 cm³/mol. The first-order valence-corrected chi connectivity index (χ1v) is 10.8. The van der Waals surface area contributed by atoms with Gasteiger partial charge in [0.1, 0.15) is 5.25 Å². The van der Waals surface area contributed by atoms with E-state index in [1.807, 2.05) is 23.7 Å². The summed E-state index contributed by atoms with van der Waals surface area (Å²) in [6.07, 6.45) is 1.79. The number of amides is 1. The van der Waals surface area contributed by atoms with E-state index in [0.29, 0.717) is 15.9 Å². The van der Waals surface area contributed by atoms with Crippen LogP contribution in [0.2, 0.25) is 5.02 Å². The van der Waals surface area contributed by atoms with Gasteiger partial charge in [-0.1, -0.05) is 72.2 Å². The number of carbonyl (C=O) groups excluding carboxylic acids is 1. The molecule has 6 nitrogen and oxygen atoms in total. The van der Waals surface area contributed by atoms with Crippen molar-refractivity contribution in [3.63, 3.8) is 0 Å². The highest BCUT2D eigenvalue weighted by Crippen LogP contribution is 2.38. The van der Waals surface area contributed by atoms with Crippen LogP contribution in [0.25, 0.3) is 0 Å². The van der Waals surface area contributed by atoms with E-state index in [0.717, 1.165) is 24.2 Å². The van der Waals surface area contributed by atoms with E-state index < -0.39 is 5.25 Å². The maximum absolute atomic E-state index is 13.2. The van der Waals surface area contributed by atoms with Gasteiger partial charge in [-0.3, -0.25) is 4.79 Å². The largest absolute Gasteiger partial charge is 0.324 e. The summed E-state index contributed by atoms with van der Waals surface area (Å²) in [6.45, 7) is 4.15. The van der Waals surface area contributed by atoms with E-state index in [-0.39, 0.29) is 11.9 Å². The molecule has 1 aliphatic heterocycles. The molecule has 2 N–H and O–H groups in total. The highest BCUT2D eigenvalue weighted by Gasteiger charge is 2.37. The number of aryl methyl sites for hydroxylation is 2. The van der Waals surface area contributed by atoms with Crippen LogP contribution in [0.4, 0.5) is 5.69 Å². The van der Waals surface area contributed by atoms with Crippen molar-refractivity contribution in [2.45, 2.75) is 43.1 Å². The molecule has 2 atom stereocenters. The molecule has 1 aromatic heterocycles. The Kier molecular flexibility index (Phi) is 5.78. The van der Waals surface area contributed by atoms with Crippen molar-refractivity contribution in [1.29, 1.82) is 0 Å². The van der Waals surface area contributed by atoms with E-state index in [2.05, 4.69) is 52.1 Å². The number of nitrogens with zero attached hydrogens (tertiary/aromatic N) is 3.